The Hall–Kier alpha value is -1.36. The van der Waals surface area contributed by atoms with Gasteiger partial charge in [-0.2, -0.15) is 0 Å². The fourth-order valence-corrected chi connectivity index (χ4v) is 1.90. The molecule has 5 nitrogen and oxygen atoms in total. The predicted octanol–water partition coefficient (Wildman–Crippen LogP) is 1.17. The molecule has 1 N–H and O–H groups in total. The maximum absolute atomic E-state index is 5.74. The largest absolute Gasteiger partial charge is 0.478 e. The van der Waals surface area contributed by atoms with E-state index in [0.717, 1.165) is 18.7 Å². The molecule has 1 unspecified atom stereocenters. The molecule has 1 fully saturated rings. The van der Waals surface area contributed by atoms with Crippen molar-refractivity contribution < 1.29 is 9.47 Å². The molecule has 1 atom stereocenters. The van der Waals surface area contributed by atoms with Crippen LogP contribution < -0.4 is 14.8 Å². The van der Waals surface area contributed by atoms with Crippen molar-refractivity contribution >= 4 is 0 Å². The Morgan fingerprint density at radius 1 is 1.35 bits per heavy atom. The summed E-state index contributed by atoms with van der Waals surface area (Å²) in [5.41, 5.74) is 0.875. The molecule has 1 aliphatic heterocycles. The lowest BCUT2D eigenvalue weighted by atomic mass is 10.1. The molecule has 0 spiro atoms. The van der Waals surface area contributed by atoms with Crippen LogP contribution in [0.25, 0.3) is 0 Å². The Balaban J connectivity index is 1.97. The minimum Gasteiger partial charge on any atom is -0.478 e. The van der Waals surface area contributed by atoms with Crippen LogP contribution in [-0.4, -0.2) is 36.3 Å². The molecule has 17 heavy (non-hydrogen) atoms. The summed E-state index contributed by atoms with van der Waals surface area (Å²) < 4.78 is 11.1. The van der Waals surface area contributed by atoms with Gasteiger partial charge in [0.25, 0.3) is 0 Å². The Labute approximate surface area is 102 Å². The van der Waals surface area contributed by atoms with Gasteiger partial charge >= 0.3 is 0 Å². The van der Waals surface area contributed by atoms with Crippen molar-refractivity contribution in [3.05, 3.63) is 11.9 Å². The first-order chi connectivity index (χ1) is 8.31. The van der Waals surface area contributed by atoms with Crippen LogP contribution in [0.15, 0.2) is 6.33 Å². The van der Waals surface area contributed by atoms with Gasteiger partial charge in [-0.3, -0.25) is 0 Å². The molecule has 1 aromatic heterocycles. The zero-order valence-corrected chi connectivity index (χ0v) is 10.4. The second kappa shape index (κ2) is 5.82. The lowest BCUT2D eigenvalue weighted by Gasteiger charge is -2.13. The van der Waals surface area contributed by atoms with E-state index in [0.29, 0.717) is 30.9 Å². The third-order valence-corrected chi connectivity index (χ3v) is 2.89. The monoisotopic (exact) mass is 237 g/mol. The Bertz CT molecular complexity index is 365. The van der Waals surface area contributed by atoms with Crippen LogP contribution in [0.2, 0.25) is 0 Å². The van der Waals surface area contributed by atoms with E-state index >= 15 is 0 Å². The second-order valence-electron chi connectivity index (χ2n) is 4.21. The van der Waals surface area contributed by atoms with E-state index in [1.807, 2.05) is 13.8 Å². The zero-order chi connectivity index (χ0) is 12.1. The molecule has 0 bridgehead atoms. The van der Waals surface area contributed by atoms with Gasteiger partial charge in [-0.1, -0.05) is 0 Å². The van der Waals surface area contributed by atoms with Gasteiger partial charge in [0, 0.05) is 12.5 Å². The van der Waals surface area contributed by atoms with Crippen molar-refractivity contribution in [3.63, 3.8) is 0 Å². The summed E-state index contributed by atoms with van der Waals surface area (Å²) in [5, 5.41) is 3.32. The first-order valence-electron chi connectivity index (χ1n) is 6.09. The summed E-state index contributed by atoms with van der Waals surface area (Å²) in [6.45, 7) is 7.28. The predicted molar refractivity (Wildman–Crippen MR) is 64.4 cm³/mol. The van der Waals surface area contributed by atoms with Crippen molar-refractivity contribution in [1.82, 2.24) is 15.3 Å². The summed E-state index contributed by atoms with van der Waals surface area (Å²) in [6, 6.07) is 0. The number of hydrogen-bond acceptors (Lipinski definition) is 5. The molecule has 2 rings (SSSR count). The van der Waals surface area contributed by atoms with Crippen LogP contribution in [0.4, 0.5) is 0 Å². The highest BCUT2D eigenvalue weighted by Crippen LogP contribution is 2.23. The Morgan fingerprint density at radius 3 is 2.76 bits per heavy atom. The lowest BCUT2D eigenvalue weighted by Crippen LogP contribution is -2.16. The van der Waals surface area contributed by atoms with Crippen LogP contribution >= 0.6 is 0 Å². The van der Waals surface area contributed by atoms with E-state index in [-0.39, 0.29) is 0 Å². The quantitative estimate of drug-likeness (QED) is 0.833. The molecule has 0 aliphatic carbocycles. The molecule has 0 radical (unpaired) electrons. The molecule has 2 heterocycles. The van der Waals surface area contributed by atoms with E-state index in [1.165, 1.54) is 12.7 Å². The van der Waals surface area contributed by atoms with Gasteiger partial charge in [-0.05, 0) is 26.8 Å². The summed E-state index contributed by atoms with van der Waals surface area (Å²) in [4.78, 5) is 8.23. The summed E-state index contributed by atoms with van der Waals surface area (Å²) in [6.07, 6.45) is 2.66. The molecule has 0 aromatic carbocycles. The normalized spacial score (nSPS) is 19.3. The van der Waals surface area contributed by atoms with E-state index in [4.69, 9.17) is 9.47 Å². The molecule has 0 amide bonds. The smallest absolute Gasteiger partial charge is 0.223 e. The summed E-state index contributed by atoms with van der Waals surface area (Å²) >= 11 is 0. The molecular weight excluding hydrogens is 218 g/mol. The fraction of sp³-hybridized carbons (Fsp3) is 0.667. The van der Waals surface area contributed by atoms with Gasteiger partial charge in [0.1, 0.15) is 6.33 Å². The van der Waals surface area contributed by atoms with Crippen molar-refractivity contribution in [2.45, 2.75) is 20.3 Å². The SMILES string of the molecule is CCOc1ncnc(OCC2CCNC2)c1C. The van der Waals surface area contributed by atoms with E-state index in [1.54, 1.807) is 0 Å². The number of aromatic nitrogens is 2. The van der Waals surface area contributed by atoms with Crippen molar-refractivity contribution in [2.24, 2.45) is 5.92 Å². The number of ether oxygens (including phenoxy) is 2. The van der Waals surface area contributed by atoms with Gasteiger partial charge < -0.3 is 14.8 Å². The van der Waals surface area contributed by atoms with Gasteiger partial charge in [-0.15, -0.1) is 0 Å². The molecule has 1 saturated heterocycles. The topological polar surface area (TPSA) is 56.3 Å². The highest BCUT2D eigenvalue weighted by molar-refractivity contribution is 5.32. The van der Waals surface area contributed by atoms with Gasteiger partial charge in [0.15, 0.2) is 0 Å². The van der Waals surface area contributed by atoms with Crippen molar-refractivity contribution in [2.75, 3.05) is 26.3 Å². The minimum atomic E-state index is 0.583. The van der Waals surface area contributed by atoms with Crippen LogP contribution in [0.1, 0.15) is 18.9 Å². The highest BCUT2D eigenvalue weighted by atomic mass is 16.5. The van der Waals surface area contributed by atoms with E-state index < -0.39 is 0 Å². The summed E-state index contributed by atoms with van der Waals surface area (Å²) in [7, 11) is 0. The third-order valence-electron chi connectivity index (χ3n) is 2.89. The Morgan fingerprint density at radius 2 is 2.12 bits per heavy atom. The average Bonchev–Trinajstić information content (AvgIpc) is 2.83. The molecule has 94 valence electrons. The van der Waals surface area contributed by atoms with Gasteiger partial charge in [-0.25, -0.2) is 9.97 Å². The first kappa shape index (κ1) is 12.1. The lowest BCUT2D eigenvalue weighted by molar-refractivity contribution is 0.244. The van der Waals surface area contributed by atoms with Crippen LogP contribution in [0, 0.1) is 12.8 Å². The van der Waals surface area contributed by atoms with E-state index in [9.17, 15) is 0 Å². The molecule has 1 aliphatic rings. The van der Waals surface area contributed by atoms with Crippen LogP contribution in [0.3, 0.4) is 0 Å². The number of nitrogens with zero attached hydrogens (tertiary/aromatic N) is 2. The highest BCUT2D eigenvalue weighted by Gasteiger charge is 2.16. The molecule has 1 aromatic rings. The fourth-order valence-electron chi connectivity index (χ4n) is 1.90. The number of nitrogens with one attached hydrogen (secondary N) is 1. The van der Waals surface area contributed by atoms with Gasteiger partial charge in [0.2, 0.25) is 11.8 Å². The average molecular weight is 237 g/mol. The first-order valence-corrected chi connectivity index (χ1v) is 6.09. The summed E-state index contributed by atoms with van der Waals surface area (Å²) in [5.74, 6) is 1.83. The molecular formula is C12H19N3O2. The van der Waals surface area contributed by atoms with Gasteiger partial charge in [0.05, 0.1) is 18.8 Å². The number of rotatable bonds is 5. The van der Waals surface area contributed by atoms with Crippen molar-refractivity contribution in [3.8, 4) is 11.8 Å². The minimum absolute atomic E-state index is 0.583. The number of hydrogen-bond donors (Lipinski definition) is 1. The molecule has 5 heteroatoms. The Kier molecular flexibility index (Phi) is 4.14. The third kappa shape index (κ3) is 3.06. The van der Waals surface area contributed by atoms with E-state index in [2.05, 4.69) is 15.3 Å². The van der Waals surface area contributed by atoms with Crippen molar-refractivity contribution in [1.29, 1.82) is 0 Å². The molecule has 0 saturated carbocycles. The second-order valence-corrected chi connectivity index (χ2v) is 4.21. The maximum Gasteiger partial charge on any atom is 0.223 e. The maximum atomic E-state index is 5.74. The van der Waals surface area contributed by atoms with Crippen LogP contribution in [-0.2, 0) is 0 Å². The zero-order valence-electron chi connectivity index (χ0n) is 10.4. The standard InChI is InChI=1S/C12H19N3O2/c1-3-16-11-9(2)12(15-8-14-11)17-7-10-4-5-13-6-10/h8,10,13H,3-7H2,1-2H3. The van der Waals surface area contributed by atoms with Crippen LogP contribution in [0.5, 0.6) is 11.8 Å².